The van der Waals surface area contributed by atoms with E-state index in [1.807, 2.05) is 26.2 Å². The number of carbonyl (C=O) groups excluding carboxylic acids is 1. The molecule has 4 nitrogen and oxygen atoms in total. The fourth-order valence-corrected chi connectivity index (χ4v) is 2.57. The Balaban J connectivity index is 2.08. The summed E-state index contributed by atoms with van der Waals surface area (Å²) in [5, 5.41) is 2.76. The Morgan fingerprint density at radius 1 is 1.04 bits per heavy atom. The zero-order chi connectivity index (χ0) is 18.4. The number of anilines is 2. The summed E-state index contributed by atoms with van der Waals surface area (Å²) in [5.74, 6) is -0.624. The fourth-order valence-electron chi connectivity index (χ4n) is 2.57. The molecule has 0 saturated carbocycles. The summed E-state index contributed by atoms with van der Waals surface area (Å²) in [6.45, 7) is 7.11. The van der Waals surface area contributed by atoms with Crippen LogP contribution >= 0.6 is 0 Å². The summed E-state index contributed by atoms with van der Waals surface area (Å²) in [5.41, 5.74) is 2.87. The van der Waals surface area contributed by atoms with Crippen molar-refractivity contribution in [3.8, 4) is 0 Å². The maximum atomic E-state index is 13.7. The Bertz CT molecular complexity index is 709. The van der Waals surface area contributed by atoms with E-state index in [1.54, 1.807) is 23.1 Å². The van der Waals surface area contributed by atoms with Gasteiger partial charge in [0.1, 0.15) is 5.82 Å². The van der Waals surface area contributed by atoms with Gasteiger partial charge in [0.05, 0.1) is 0 Å². The van der Waals surface area contributed by atoms with E-state index in [9.17, 15) is 9.18 Å². The topological polar surface area (TPSA) is 35.6 Å². The first kappa shape index (κ1) is 18.9. The van der Waals surface area contributed by atoms with Gasteiger partial charge < -0.3 is 10.2 Å². The second-order valence-corrected chi connectivity index (χ2v) is 6.20. The summed E-state index contributed by atoms with van der Waals surface area (Å²) < 4.78 is 13.7. The number of carbonyl (C=O) groups is 1. The second kappa shape index (κ2) is 8.62. The minimum atomic E-state index is -0.379. The van der Waals surface area contributed by atoms with Crippen molar-refractivity contribution in [3.05, 3.63) is 59.4 Å². The van der Waals surface area contributed by atoms with Crippen LogP contribution in [0.2, 0.25) is 0 Å². The first-order valence-corrected chi connectivity index (χ1v) is 8.53. The lowest BCUT2D eigenvalue weighted by Gasteiger charge is -2.18. The number of hydrogen-bond donors (Lipinski definition) is 1. The standard InChI is InChI=1S/C20H26FN3O/c1-5-24(6-2)14-15-7-9-16(10-8-15)20(25)22-18-11-17(21)12-19(13-18)23(3)4/h7-13H,5-6,14H2,1-4H3,(H,22,25). The van der Waals surface area contributed by atoms with Crippen LogP contribution in [0, 0.1) is 5.82 Å². The van der Waals surface area contributed by atoms with Gasteiger partial charge in [-0.15, -0.1) is 0 Å². The molecule has 5 heteroatoms. The summed E-state index contributed by atoms with van der Waals surface area (Å²) in [6, 6.07) is 12.0. The smallest absolute Gasteiger partial charge is 0.255 e. The first-order chi connectivity index (χ1) is 11.9. The van der Waals surface area contributed by atoms with E-state index >= 15 is 0 Å². The maximum absolute atomic E-state index is 13.7. The zero-order valence-corrected chi connectivity index (χ0v) is 15.3. The third-order valence-electron chi connectivity index (χ3n) is 4.17. The lowest BCUT2D eigenvalue weighted by molar-refractivity contribution is 0.102. The molecule has 2 aromatic rings. The van der Waals surface area contributed by atoms with Crippen LogP contribution in [0.3, 0.4) is 0 Å². The molecule has 0 spiro atoms. The molecule has 0 aliphatic carbocycles. The Hall–Kier alpha value is -2.40. The van der Waals surface area contributed by atoms with Crippen molar-refractivity contribution < 1.29 is 9.18 Å². The van der Waals surface area contributed by atoms with Gasteiger partial charge in [0.15, 0.2) is 0 Å². The molecule has 0 aliphatic rings. The van der Waals surface area contributed by atoms with E-state index in [-0.39, 0.29) is 11.7 Å². The first-order valence-electron chi connectivity index (χ1n) is 8.53. The van der Waals surface area contributed by atoms with Crippen molar-refractivity contribution in [2.45, 2.75) is 20.4 Å². The molecule has 0 bridgehead atoms. The van der Waals surface area contributed by atoms with E-state index in [0.29, 0.717) is 16.9 Å². The molecule has 0 aliphatic heterocycles. The van der Waals surface area contributed by atoms with Gasteiger partial charge in [-0.3, -0.25) is 9.69 Å². The average Bonchev–Trinajstić information content (AvgIpc) is 2.59. The molecular weight excluding hydrogens is 317 g/mol. The van der Waals surface area contributed by atoms with Crippen LogP contribution in [0.5, 0.6) is 0 Å². The van der Waals surface area contributed by atoms with Crippen molar-refractivity contribution in [2.75, 3.05) is 37.4 Å². The maximum Gasteiger partial charge on any atom is 0.255 e. The SMILES string of the molecule is CCN(CC)Cc1ccc(C(=O)Nc2cc(F)cc(N(C)C)c2)cc1. The van der Waals surface area contributed by atoms with E-state index in [1.165, 1.54) is 17.7 Å². The fraction of sp³-hybridized carbons (Fsp3) is 0.350. The van der Waals surface area contributed by atoms with Gasteiger partial charge in [0, 0.05) is 37.6 Å². The van der Waals surface area contributed by atoms with Crippen LogP contribution in [0.15, 0.2) is 42.5 Å². The highest BCUT2D eigenvalue weighted by Crippen LogP contribution is 2.21. The van der Waals surface area contributed by atoms with Gasteiger partial charge >= 0.3 is 0 Å². The van der Waals surface area contributed by atoms with Gasteiger partial charge in [0.25, 0.3) is 5.91 Å². The predicted molar refractivity (Wildman–Crippen MR) is 102 cm³/mol. The van der Waals surface area contributed by atoms with Crippen LogP contribution in [0.4, 0.5) is 15.8 Å². The number of amides is 1. The van der Waals surface area contributed by atoms with Crippen molar-refractivity contribution in [1.82, 2.24) is 4.90 Å². The monoisotopic (exact) mass is 343 g/mol. The molecule has 134 valence electrons. The van der Waals surface area contributed by atoms with Crippen molar-refractivity contribution >= 4 is 17.3 Å². The normalized spacial score (nSPS) is 10.8. The Labute approximate surface area is 149 Å². The zero-order valence-electron chi connectivity index (χ0n) is 15.3. The molecule has 0 heterocycles. The molecule has 0 unspecified atom stereocenters. The number of halogens is 1. The summed E-state index contributed by atoms with van der Waals surface area (Å²) >= 11 is 0. The van der Waals surface area contributed by atoms with Crippen LogP contribution < -0.4 is 10.2 Å². The van der Waals surface area contributed by atoms with Crippen molar-refractivity contribution in [3.63, 3.8) is 0 Å². The highest BCUT2D eigenvalue weighted by Gasteiger charge is 2.09. The quantitative estimate of drug-likeness (QED) is 0.826. The van der Waals surface area contributed by atoms with Gasteiger partial charge in [-0.05, 0) is 49.0 Å². The molecule has 0 saturated heterocycles. The third kappa shape index (κ3) is 5.29. The molecule has 2 aromatic carbocycles. The Morgan fingerprint density at radius 2 is 1.68 bits per heavy atom. The number of nitrogens with zero attached hydrogens (tertiary/aromatic N) is 2. The number of nitrogens with one attached hydrogen (secondary N) is 1. The third-order valence-corrected chi connectivity index (χ3v) is 4.17. The minimum Gasteiger partial charge on any atom is -0.378 e. The molecule has 0 atom stereocenters. The van der Waals surface area contributed by atoms with E-state index in [4.69, 9.17) is 0 Å². The molecule has 1 amide bonds. The second-order valence-electron chi connectivity index (χ2n) is 6.20. The van der Waals surface area contributed by atoms with E-state index in [2.05, 4.69) is 24.1 Å². The van der Waals surface area contributed by atoms with Gasteiger partial charge in [0.2, 0.25) is 0 Å². The molecule has 2 rings (SSSR count). The van der Waals surface area contributed by atoms with Gasteiger partial charge in [-0.1, -0.05) is 26.0 Å². The van der Waals surface area contributed by atoms with Crippen LogP contribution in [-0.4, -0.2) is 38.0 Å². The largest absolute Gasteiger partial charge is 0.378 e. The lowest BCUT2D eigenvalue weighted by atomic mass is 10.1. The van der Waals surface area contributed by atoms with Crippen molar-refractivity contribution in [2.24, 2.45) is 0 Å². The Morgan fingerprint density at radius 3 is 2.24 bits per heavy atom. The average molecular weight is 343 g/mol. The van der Waals surface area contributed by atoms with E-state index in [0.717, 1.165) is 19.6 Å². The minimum absolute atomic E-state index is 0.246. The number of rotatable bonds is 7. The number of benzene rings is 2. The summed E-state index contributed by atoms with van der Waals surface area (Å²) in [7, 11) is 3.66. The summed E-state index contributed by atoms with van der Waals surface area (Å²) in [4.78, 5) is 16.5. The highest BCUT2D eigenvalue weighted by atomic mass is 19.1. The molecule has 0 aromatic heterocycles. The van der Waals surface area contributed by atoms with Crippen LogP contribution in [0.25, 0.3) is 0 Å². The number of hydrogen-bond acceptors (Lipinski definition) is 3. The van der Waals surface area contributed by atoms with Gasteiger partial charge in [-0.25, -0.2) is 4.39 Å². The molecule has 0 fully saturated rings. The Kier molecular flexibility index (Phi) is 6.53. The lowest BCUT2D eigenvalue weighted by Crippen LogP contribution is -2.22. The molecule has 25 heavy (non-hydrogen) atoms. The van der Waals surface area contributed by atoms with Crippen molar-refractivity contribution in [1.29, 1.82) is 0 Å². The molecular formula is C20H26FN3O. The summed E-state index contributed by atoms with van der Waals surface area (Å²) in [6.07, 6.45) is 0. The van der Waals surface area contributed by atoms with Gasteiger partial charge in [-0.2, -0.15) is 0 Å². The van der Waals surface area contributed by atoms with Crippen LogP contribution in [0.1, 0.15) is 29.8 Å². The predicted octanol–water partition coefficient (Wildman–Crippen LogP) is 3.99. The molecule has 1 N–H and O–H groups in total. The van der Waals surface area contributed by atoms with E-state index < -0.39 is 0 Å². The van der Waals surface area contributed by atoms with Crippen LogP contribution in [-0.2, 0) is 6.54 Å². The highest BCUT2D eigenvalue weighted by molar-refractivity contribution is 6.04. The molecule has 0 radical (unpaired) electrons.